The first-order chi connectivity index (χ1) is 20.4. The first kappa shape index (κ1) is 29.9. The molecule has 2 heterocycles. The summed E-state index contributed by atoms with van der Waals surface area (Å²) in [6.45, 7) is 7.30. The normalized spacial score (nSPS) is 20.3. The molecule has 3 aromatic carbocycles. The second kappa shape index (κ2) is 13.6. The number of carbonyl (C=O) groups excluding carboxylic acids is 2. The third-order valence-electron chi connectivity index (χ3n) is 8.66. The number of carbonyl (C=O) groups is 2. The molecule has 2 aliphatic heterocycles. The molecule has 3 aromatic rings. The van der Waals surface area contributed by atoms with Crippen LogP contribution in [0.15, 0.2) is 66.7 Å². The number of likely N-dealkylation sites (tertiary alicyclic amines) is 1. The second-order valence-electron chi connectivity index (χ2n) is 11.1. The molecule has 0 bridgehead atoms. The number of rotatable bonds is 10. The Bertz CT molecular complexity index is 1340. The van der Waals surface area contributed by atoms with Gasteiger partial charge in [-0.3, -0.25) is 14.5 Å². The van der Waals surface area contributed by atoms with E-state index < -0.39 is 17.8 Å². The molecule has 7 nitrogen and oxygen atoms in total. The molecule has 2 fully saturated rings. The molecule has 42 heavy (non-hydrogen) atoms. The Morgan fingerprint density at radius 1 is 0.810 bits per heavy atom. The highest BCUT2D eigenvalue weighted by molar-refractivity contribution is 6.02. The van der Waals surface area contributed by atoms with E-state index in [-0.39, 0.29) is 17.4 Å². The van der Waals surface area contributed by atoms with Crippen molar-refractivity contribution in [3.05, 3.63) is 94.8 Å². The van der Waals surface area contributed by atoms with Crippen LogP contribution < -0.4 is 9.47 Å². The number of ether oxygens (including phenoxy) is 3. The highest BCUT2D eigenvalue weighted by atomic mass is 19.1. The Morgan fingerprint density at radius 2 is 1.33 bits per heavy atom. The van der Waals surface area contributed by atoms with Gasteiger partial charge >= 0.3 is 0 Å². The van der Waals surface area contributed by atoms with Crippen LogP contribution in [-0.4, -0.2) is 88.1 Å². The van der Waals surface area contributed by atoms with Crippen molar-refractivity contribution in [2.24, 2.45) is 11.8 Å². The number of methoxy groups -OCH3 is 2. The van der Waals surface area contributed by atoms with Crippen molar-refractivity contribution in [1.82, 2.24) is 9.80 Å². The molecule has 0 aromatic heterocycles. The van der Waals surface area contributed by atoms with E-state index in [0.717, 1.165) is 19.6 Å². The Kier molecular flexibility index (Phi) is 9.67. The highest BCUT2D eigenvalue weighted by Crippen LogP contribution is 2.42. The molecule has 222 valence electrons. The van der Waals surface area contributed by atoms with Crippen molar-refractivity contribution in [2.75, 3.05) is 66.7 Å². The van der Waals surface area contributed by atoms with Crippen molar-refractivity contribution in [3.8, 4) is 11.5 Å². The quantitative estimate of drug-likeness (QED) is 0.320. The zero-order valence-electron chi connectivity index (χ0n) is 24.6. The van der Waals surface area contributed by atoms with Gasteiger partial charge in [0.05, 0.1) is 27.4 Å². The van der Waals surface area contributed by atoms with Gasteiger partial charge in [0, 0.05) is 68.1 Å². The number of hydrogen-bond donors (Lipinski definition) is 0. The summed E-state index contributed by atoms with van der Waals surface area (Å²) in [6.07, 6.45) is 0. The van der Waals surface area contributed by atoms with E-state index >= 15 is 4.39 Å². The largest absolute Gasteiger partial charge is 0.497 e. The molecule has 0 saturated carbocycles. The third-order valence-corrected chi connectivity index (χ3v) is 8.66. The number of Topliss-reactive ketones (excluding diaryl/α,β-unsaturated/α-hetero) is 2. The van der Waals surface area contributed by atoms with Gasteiger partial charge in [0.15, 0.2) is 11.6 Å². The lowest BCUT2D eigenvalue weighted by Crippen LogP contribution is -2.52. The fourth-order valence-electron chi connectivity index (χ4n) is 6.32. The van der Waals surface area contributed by atoms with E-state index in [2.05, 4.69) is 9.80 Å². The molecule has 0 radical (unpaired) electrons. The predicted molar refractivity (Wildman–Crippen MR) is 159 cm³/mol. The Morgan fingerprint density at radius 3 is 1.88 bits per heavy atom. The first-order valence-electron chi connectivity index (χ1n) is 14.5. The highest BCUT2D eigenvalue weighted by Gasteiger charge is 2.45. The second-order valence-corrected chi connectivity index (χ2v) is 11.1. The number of ketones is 2. The van der Waals surface area contributed by atoms with Gasteiger partial charge in [0.25, 0.3) is 0 Å². The van der Waals surface area contributed by atoms with Crippen molar-refractivity contribution >= 4 is 11.6 Å². The van der Waals surface area contributed by atoms with Crippen LogP contribution in [0.25, 0.3) is 0 Å². The van der Waals surface area contributed by atoms with Gasteiger partial charge in [0.2, 0.25) is 0 Å². The number of halogens is 1. The van der Waals surface area contributed by atoms with Crippen LogP contribution in [-0.2, 0) is 4.74 Å². The fourth-order valence-corrected chi connectivity index (χ4v) is 6.32. The summed E-state index contributed by atoms with van der Waals surface area (Å²) in [5.74, 6) is -0.998. The number of piperidine rings is 1. The molecule has 5 rings (SSSR count). The smallest absolute Gasteiger partial charge is 0.167 e. The van der Waals surface area contributed by atoms with Crippen LogP contribution in [0.2, 0.25) is 0 Å². The summed E-state index contributed by atoms with van der Waals surface area (Å²) in [4.78, 5) is 33.3. The topological polar surface area (TPSA) is 68.3 Å². The molecule has 0 amide bonds. The van der Waals surface area contributed by atoms with Gasteiger partial charge in [-0.25, -0.2) is 4.39 Å². The van der Waals surface area contributed by atoms with Crippen LogP contribution in [0, 0.1) is 24.6 Å². The fraction of sp³-hybridized carbons (Fsp3) is 0.412. The molecular formula is C34H39FN2O5. The monoisotopic (exact) mass is 574 g/mol. The molecule has 0 unspecified atom stereocenters. The minimum atomic E-state index is -0.574. The third kappa shape index (κ3) is 6.56. The van der Waals surface area contributed by atoms with Gasteiger partial charge in [-0.1, -0.05) is 36.4 Å². The predicted octanol–water partition coefficient (Wildman–Crippen LogP) is 4.88. The SMILES string of the molecule is COc1cccc(C(=O)[C@H]2CN(CCN3CCOCC3)C[C@H](C(=O)c3cccc(OC)c3)C2c2cccc(F)c2C)c1. The van der Waals surface area contributed by atoms with Crippen LogP contribution in [0.1, 0.15) is 37.8 Å². The van der Waals surface area contributed by atoms with E-state index in [1.54, 1.807) is 75.7 Å². The van der Waals surface area contributed by atoms with Crippen molar-refractivity contribution in [1.29, 1.82) is 0 Å². The van der Waals surface area contributed by atoms with Crippen LogP contribution in [0.3, 0.4) is 0 Å². The maximum Gasteiger partial charge on any atom is 0.167 e. The molecule has 2 aliphatic rings. The van der Waals surface area contributed by atoms with Gasteiger partial charge in [-0.15, -0.1) is 0 Å². The van der Waals surface area contributed by atoms with E-state index in [0.29, 0.717) is 66.6 Å². The van der Waals surface area contributed by atoms with Crippen LogP contribution >= 0.6 is 0 Å². The average Bonchev–Trinajstić information content (AvgIpc) is 3.04. The lowest BCUT2D eigenvalue weighted by Gasteiger charge is -2.44. The minimum absolute atomic E-state index is 0.0814. The Hall–Kier alpha value is -3.59. The van der Waals surface area contributed by atoms with E-state index in [1.807, 2.05) is 6.07 Å². The Labute approximate surface area is 247 Å². The van der Waals surface area contributed by atoms with Gasteiger partial charge in [-0.05, 0) is 48.4 Å². The van der Waals surface area contributed by atoms with Gasteiger partial charge in [-0.2, -0.15) is 0 Å². The minimum Gasteiger partial charge on any atom is -0.497 e. The molecule has 0 N–H and O–H groups in total. The molecule has 0 spiro atoms. The van der Waals surface area contributed by atoms with E-state index in [9.17, 15) is 9.59 Å². The summed E-state index contributed by atoms with van der Waals surface area (Å²) in [7, 11) is 3.14. The lowest BCUT2D eigenvalue weighted by atomic mass is 9.67. The molecule has 0 aliphatic carbocycles. The number of hydrogen-bond acceptors (Lipinski definition) is 7. The first-order valence-corrected chi connectivity index (χ1v) is 14.5. The van der Waals surface area contributed by atoms with Crippen LogP contribution in [0.4, 0.5) is 4.39 Å². The number of nitrogens with zero attached hydrogens (tertiary/aromatic N) is 2. The average molecular weight is 575 g/mol. The zero-order valence-corrected chi connectivity index (χ0v) is 24.6. The summed E-state index contributed by atoms with van der Waals surface area (Å²) < 4.78 is 31.3. The van der Waals surface area contributed by atoms with E-state index in [4.69, 9.17) is 14.2 Å². The standard InChI is InChI=1S/C34H39FN2O5/c1-23-28(11-6-12-31(23)35)32-29(33(38)24-7-4-9-26(19-24)40-2)21-37(14-13-36-15-17-42-18-16-36)22-30(32)34(39)25-8-5-10-27(20-25)41-3/h4-12,19-20,29-30,32H,13-18,21-22H2,1-3H3/t29-,30-/m0/s1. The number of morpholine rings is 1. The Balaban J connectivity index is 1.57. The molecule has 2 saturated heterocycles. The number of benzene rings is 3. The van der Waals surface area contributed by atoms with E-state index in [1.165, 1.54) is 6.07 Å². The van der Waals surface area contributed by atoms with Gasteiger partial charge < -0.3 is 19.1 Å². The summed E-state index contributed by atoms with van der Waals surface area (Å²) >= 11 is 0. The maximum atomic E-state index is 15.0. The maximum absolute atomic E-state index is 15.0. The van der Waals surface area contributed by atoms with Crippen LogP contribution in [0.5, 0.6) is 11.5 Å². The zero-order chi connectivity index (χ0) is 29.6. The van der Waals surface area contributed by atoms with Crippen molar-refractivity contribution < 1.29 is 28.2 Å². The van der Waals surface area contributed by atoms with Gasteiger partial charge in [0.1, 0.15) is 17.3 Å². The molecular weight excluding hydrogens is 535 g/mol. The lowest BCUT2D eigenvalue weighted by molar-refractivity contribution is 0.0258. The molecule has 2 atom stereocenters. The summed E-state index contributed by atoms with van der Waals surface area (Å²) in [5, 5.41) is 0. The summed E-state index contributed by atoms with van der Waals surface area (Å²) in [5.41, 5.74) is 2.20. The van der Waals surface area contributed by atoms with Crippen molar-refractivity contribution in [3.63, 3.8) is 0 Å². The van der Waals surface area contributed by atoms with Crippen molar-refractivity contribution in [2.45, 2.75) is 12.8 Å². The molecule has 8 heteroatoms. The summed E-state index contributed by atoms with van der Waals surface area (Å²) in [6, 6.07) is 19.2.